The highest BCUT2D eigenvalue weighted by molar-refractivity contribution is 8.18. The second-order valence-electron chi connectivity index (χ2n) is 8.09. The standard InChI is InChI=1S/C27H23ClN2O4S/c1-17-10-11-18(2)23(12-17)29-25(31)15-30-26(32)24(35-27(30)33)14-19-6-5-8-21(13-19)34-16-20-7-3-4-9-22(20)28/h3-14H,15-16H2,1-2H3,(H,29,31)/b24-14+. The normalized spacial score (nSPS) is 14.5. The number of carbonyl (C=O) groups is 3. The molecule has 1 fully saturated rings. The highest BCUT2D eigenvalue weighted by Gasteiger charge is 2.36. The van der Waals surface area contributed by atoms with Crippen molar-refractivity contribution in [2.24, 2.45) is 0 Å². The molecule has 6 nitrogen and oxygen atoms in total. The minimum Gasteiger partial charge on any atom is -0.489 e. The lowest BCUT2D eigenvalue weighted by molar-refractivity contribution is -0.127. The minimum absolute atomic E-state index is 0.248. The molecule has 3 aromatic carbocycles. The first-order chi connectivity index (χ1) is 16.8. The SMILES string of the molecule is Cc1ccc(C)c(NC(=O)CN2C(=O)S/C(=C/c3cccc(OCc4ccccc4Cl)c3)C2=O)c1. The Morgan fingerprint density at radius 2 is 1.86 bits per heavy atom. The fourth-order valence-corrected chi connectivity index (χ4v) is 4.49. The number of anilines is 1. The summed E-state index contributed by atoms with van der Waals surface area (Å²) in [7, 11) is 0. The van der Waals surface area contributed by atoms with Crippen molar-refractivity contribution in [3.63, 3.8) is 0 Å². The van der Waals surface area contributed by atoms with Gasteiger partial charge in [0, 0.05) is 16.3 Å². The molecule has 35 heavy (non-hydrogen) atoms. The Morgan fingerprint density at radius 3 is 2.66 bits per heavy atom. The lowest BCUT2D eigenvalue weighted by Gasteiger charge is -2.14. The summed E-state index contributed by atoms with van der Waals surface area (Å²) in [5.74, 6) is -0.332. The van der Waals surface area contributed by atoms with E-state index in [0.29, 0.717) is 28.6 Å². The molecule has 0 aliphatic carbocycles. The summed E-state index contributed by atoms with van der Waals surface area (Å²) >= 11 is 6.99. The van der Waals surface area contributed by atoms with Gasteiger partial charge in [0.05, 0.1) is 4.91 Å². The van der Waals surface area contributed by atoms with E-state index in [1.165, 1.54) is 0 Å². The van der Waals surface area contributed by atoms with E-state index in [4.69, 9.17) is 16.3 Å². The van der Waals surface area contributed by atoms with Crippen molar-refractivity contribution in [1.82, 2.24) is 4.90 Å². The predicted octanol–water partition coefficient (Wildman–Crippen LogP) is 6.21. The van der Waals surface area contributed by atoms with Gasteiger partial charge in [-0.1, -0.05) is 54.1 Å². The molecule has 3 aromatic rings. The number of aryl methyl sites for hydroxylation is 2. The van der Waals surface area contributed by atoms with Crippen LogP contribution in [0.4, 0.5) is 10.5 Å². The van der Waals surface area contributed by atoms with Crippen LogP contribution in [-0.4, -0.2) is 28.5 Å². The Morgan fingerprint density at radius 1 is 1.06 bits per heavy atom. The third kappa shape index (κ3) is 6.12. The number of imide groups is 1. The molecule has 0 aromatic heterocycles. The quantitative estimate of drug-likeness (QED) is 0.385. The Kier molecular flexibility index (Phi) is 7.58. The Bertz CT molecular complexity index is 1340. The topological polar surface area (TPSA) is 75.7 Å². The third-order valence-corrected chi connectivity index (χ3v) is 6.63. The van der Waals surface area contributed by atoms with E-state index in [0.717, 1.165) is 33.4 Å². The van der Waals surface area contributed by atoms with Crippen molar-refractivity contribution >= 4 is 52.2 Å². The van der Waals surface area contributed by atoms with Gasteiger partial charge in [-0.05, 0) is 72.6 Å². The van der Waals surface area contributed by atoms with Gasteiger partial charge in [-0.25, -0.2) is 0 Å². The van der Waals surface area contributed by atoms with Gasteiger partial charge in [-0.15, -0.1) is 0 Å². The van der Waals surface area contributed by atoms with Crippen LogP contribution in [0.15, 0.2) is 71.6 Å². The first kappa shape index (κ1) is 24.6. The Labute approximate surface area is 212 Å². The number of nitrogens with zero attached hydrogens (tertiary/aromatic N) is 1. The van der Waals surface area contributed by atoms with Gasteiger partial charge in [0.15, 0.2) is 0 Å². The number of thioether (sulfide) groups is 1. The molecule has 3 amide bonds. The highest BCUT2D eigenvalue weighted by atomic mass is 35.5. The highest BCUT2D eigenvalue weighted by Crippen LogP contribution is 2.33. The molecule has 1 N–H and O–H groups in total. The minimum atomic E-state index is -0.501. The smallest absolute Gasteiger partial charge is 0.294 e. The van der Waals surface area contributed by atoms with E-state index < -0.39 is 17.1 Å². The van der Waals surface area contributed by atoms with Crippen LogP contribution in [0, 0.1) is 13.8 Å². The van der Waals surface area contributed by atoms with Crippen LogP contribution >= 0.6 is 23.4 Å². The number of nitrogens with one attached hydrogen (secondary N) is 1. The number of carbonyl (C=O) groups excluding carboxylic acids is 3. The molecule has 0 saturated carbocycles. The molecule has 8 heteroatoms. The number of rotatable bonds is 7. The van der Waals surface area contributed by atoms with Crippen LogP contribution in [0.25, 0.3) is 6.08 Å². The van der Waals surface area contributed by atoms with Gasteiger partial charge in [0.2, 0.25) is 5.91 Å². The average Bonchev–Trinajstić information content (AvgIpc) is 3.08. The maximum atomic E-state index is 12.9. The molecule has 1 saturated heterocycles. The molecule has 0 spiro atoms. The first-order valence-electron chi connectivity index (χ1n) is 10.9. The maximum absolute atomic E-state index is 12.9. The predicted molar refractivity (Wildman–Crippen MR) is 139 cm³/mol. The van der Waals surface area contributed by atoms with Gasteiger partial charge in [0.1, 0.15) is 18.9 Å². The largest absolute Gasteiger partial charge is 0.489 e. The summed E-state index contributed by atoms with van der Waals surface area (Å²) in [6.07, 6.45) is 1.62. The van der Waals surface area contributed by atoms with E-state index in [2.05, 4.69) is 5.32 Å². The summed E-state index contributed by atoms with van der Waals surface area (Å²) in [6, 6.07) is 20.3. The van der Waals surface area contributed by atoms with Crippen molar-refractivity contribution < 1.29 is 19.1 Å². The molecule has 1 aliphatic rings. The van der Waals surface area contributed by atoms with Crippen LogP contribution in [0.3, 0.4) is 0 Å². The van der Waals surface area contributed by atoms with E-state index in [-0.39, 0.29) is 11.4 Å². The Balaban J connectivity index is 1.42. The lowest BCUT2D eigenvalue weighted by Crippen LogP contribution is -2.36. The molecule has 1 heterocycles. The van der Waals surface area contributed by atoms with Crippen molar-refractivity contribution in [3.05, 3.63) is 98.9 Å². The summed E-state index contributed by atoms with van der Waals surface area (Å²) in [5.41, 5.74) is 4.12. The van der Waals surface area contributed by atoms with Crippen LogP contribution in [0.1, 0.15) is 22.3 Å². The van der Waals surface area contributed by atoms with Crippen LogP contribution in [0.2, 0.25) is 5.02 Å². The molecule has 0 unspecified atom stereocenters. The van der Waals surface area contributed by atoms with E-state index in [1.54, 1.807) is 30.3 Å². The Hall–Kier alpha value is -3.55. The fraction of sp³-hybridized carbons (Fsp3) is 0.148. The summed E-state index contributed by atoms with van der Waals surface area (Å²) in [4.78, 5) is 39.0. The molecule has 1 aliphatic heterocycles. The number of hydrogen-bond donors (Lipinski definition) is 1. The second kappa shape index (κ2) is 10.8. The van der Waals surface area contributed by atoms with Gasteiger partial charge >= 0.3 is 0 Å². The van der Waals surface area contributed by atoms with Gasteiger partial charge in [-0.2, -0.15) is 0 Å². The van der Waals surface area contributed by atoms with E-state index in [9.17, 15) is 14.4 Å². The van der Waals surface area contributed by atoms with Crippen molar-refractivity contribution in [2.45, 2.75) is 20.5 Å². The maximum Gasteiger partial charge on any atom is 0.294 e. The average molecular weight is 507 g/mol. The summed E-state index contributed by atoms with van der Waals surface area (Å²) < 4.78 is 5.84. The van der Waals surface area contributed by atoms with Crippen LogP contribution in [-0.2, 0) is 16.2 Å². The molecule has 178 valence electrons. The van der Waals surface area contributed by atoms with Gasteiger partial charge in [-0.3, -0.25) is 19.3 Å². The zero-order valence-corrected chi connectivity index (χ0v) is 20.8. The molecule has 0 radical (unpaired) electrons. The molecular formula is C27H23ClN2O4S. The number of amides is 3. The molecule has 0 atom stereocenters. The number of benzene rings is 3. The van der Waals surface area contributed by atoms with Crippen molar-refractivity contribution in [3.8, 4) is 5.75 Å². The fourth-order valence-electron chi connectivity index (χ4n) is 3.46. The summed E-state index contributed by atoms with van der Waals surface area (Å²) in [5, 5.41) is 2.92. The number of halogens is 1. The zero-order valence-electron chi connectivity index (χ0n) is 19.2. The van der Waals surface area contributed by atoms with Gasteiger partial charge in [0.25, 0.3) is 11.1 Å². The van der Waals surface area contributed by atoms with Gasteiger partial charge < -0.3 is 10.1 Å². The first-order valence-corrected chi connectivity index (χ1v) is 12.1. The third-order valence-electron chi connectivity index (χ3n) is 5.35. The molecule has 4 rings (SSSR count). The molecule has 0 bridgehead atoms. The van der Waals surface area contributed by atoms with Crippen LogP contribution in [0.5, 0.6) is 5.75 Å². The monoisotopic (exact) mass is 506 g/mol. The number of ether oxygens (including phenoxy) is 1. The zero-order chi connectivity index (χ0) is 24.9. The number of hydrogen-bond acceptors (Lipinski definition) is 5. The van der Waals surface area contributed by atoms with Crippen LogP contribution < -0.4 is 10.1 Å². The lowest BCUT2D eigenvalue weighted by atomic mass is 10.1. The summed E-state index contributed by atoms with van der Waals surface area (Å²) in [6.45, 7) is 3.75. The van der Waals surface area contributed by atoms with E-state index in [1.807, 2.05) is 56.3 Å². The van der Waals surface area contributed by atoms with Crippen molar-refractivity contribution in [1.29, 1.82) is 0 Å². The van der Waals surface area contributed by atoms with E-state index >= 15 is 0 Å². The van der Waals surface area contributed by atoms with Crippen molar-refractivity contribution in [2.75, 3.05) is 11.9 Å². The second-order valence-corrected chi connectivity index (χ2v) is 9.49. The molecular weight excluding hydrogens is 484 g/mol.